The topological polar surface area (TPSA) is 113 Å². The molecule has 0 aromatic carbocycles. The van der Waals surface area contributed by atoms with Crippen molar-refractivity contribution in [2.75, 3.05) is 19.6 Å². The van der Waals surface area contributed by atoms with Crippen molar-refractivity contribution in [3.05, 3.63) is 0 Å². The smallest absolute Gasteiger partial charge is 0.410 e. The molecular formula is C14H26N2O5. The molecule has 4 N–H and O–H groups in total. The third-order valence-corrected chi connectivity index (χ3v) is 3.58. The number of aliphatic hydroxyl groups is 1. The molecule has 122 valence electrons. The summed E-state index contributed by atoms with van der Waals surface area (Å²) in [5, 5.41) is 19.2. The number of carbonyl (C=O) groups is 2. The number of likely N-dealkylation sites (tertiary alicyclic amines) is 1. The summed E-state index contributed by atoms with van der Waals surface area (Å²) in [5.41, 5.74) is 3.59. The number of ether oxygens (including phenoxy) is 1. The molecule has 2 atom stereocenters. The summed E-state index contributed by atoms with van der Waals surface area (Å²) in [6.45, 7) is 5.78. The minimum absolute atomic E-state index is 0.00146. The van der Waals surface area contributed by atoms with Crippen molar-refractivity contribution in [2.45, 2.75) is 51.7 Å². The fourth-order valence-electron chi connectivity index (χ4n) is 2.58. The minimum Gasteiger partial charge on any atom is -0.481 e. The number of carbonyl (C=O) groups excluding carboxylic acids is 1. The van der Waals surface area contributed by atoms with E-state index in [2.05, 4.69) is 0 Å². The zero-order valence-electron chi connectivity index (χ0n) is 13.0. The van der Waals surface area contributed by atoms with Gasteiger partial charge in [0, 0.05) is 19.6 Å². The number of carboxylic acids is 1. The van der Waals surface area contributed by atoms with E-state index in [0.717, 1.165) is 0 Å². The van der Waals surface area contributed by atoms with E-state index in [-0.39, 0.29) is 19.5 Å². The molecule has 0 aliphatic carbocycles. The van der Waals surface area contributed by atoms with E-state index < -0.39 is 29.2 Å². The average Bonchev–Trinajstić information content (AvgIpc) is 2.36. The standard InChI is InChI=1S/C14H26N2O5/c1-13(2,3)21-12(20)16-6-4-5-14(9-16,11(18)19)7-10(17)8-15/h10,17H,4-9,15H2,1-3H3,(H,18,19)/t10-,14-/m1/s1. The first kappa shape index (κ1) is 17.7. The van der Waals surface area contributed by atoms with Gasteiger partial charge in [0.15, 0.2) is 0 Å². The first-order valence-corrected chi connectivity index (χ1v) is 7.19. The lowest BCUT2D eigenvalue weighted by atomic mass is 9.75. The van der Waals surface area contributed by atoms with Crippen LogP contribution in [0.5, 0.6) is 0 Å². The second-order valence-corrected chi connectivity index (χ2v) is 6.68. The van der Waals surface area contributed by atoms with Crippen molar-refractivity contribution in [1.29, 1.82) is 0 Å². The number of amides is 1. The van der Waals surface area contributed by atoms with Crippen LogP contribution in [0.25, 0.3) is 0 Å². The van der Waals surface area contributed by atoms with Gasteiger partial charge in [-0.3, -0.25) is 4.79 Å². The normalized spacial score (nSPS) is 24.5. The van der Waals surface area contributed by atoms with Crippen molar-refractivity contribution < 1.29 is 24.5 Å². The van der Waals surface area contributed by atoms with Gasteiger partial charge in [0.25, 0.3) is 0 Å². The Bertz CT molecular complexity index is 393. The molecule has 0 bridgehead atoms. The van der Waals surface area contributed by atoms with Gasteiger partial charge < -0.3 is 25.6 Å². The van der Waals surface area contributed by atoms with E-state index in [1.807, 2.05) is 0 Å². The molecule has 1 heterocycles. The molecule has 1 saturated heterocycles. The molecule has 0 saturated carbocycles. The summed E-state index contributed by atoms with van der Waals surface area (Å²) in [6.07, 6.45) is -0.394. The predicted octanol–water partition coefficient (Wildman–Crippen LogP) is 0.798. The predicted molar refractivity (Wildman–Crippen MR) is 76.8 cm³/mol. The highest BCUT2D eigenvalue weighted by Crippen LogP contribution is 2.35. The van der Waals surface area contributed by atoms with Gasteiger partial charge in [-0.15, -0.1) is 0 Å². The molecule has 7 nitrogen and oxygen atoms in total. The Balaban J connectivity index is 2.84. The quantitative estimate of drug-likeness (QED) is 0.708. The third kappa shape index (κ3) is 4.86. The summed E-state index contributed by atoms with van der Waals surface area (Å²) in [7, 11) is 0. The van der Waals surface area contributed by atoms with Gasteiger partial charge in [0.2, 0.25) is 0 Å². The number of rotatable bonds is 4. The van der Waals surface area contributed by atoms with Gasteiger partial charge in [0.05, 0.1) is 11.5 Å². The molecule has 0 unspecified atom stereocenters. The van der Waals surface area contributed by atoms with Crippen molar-refractivity contribution >= 4 is 12.1 Å². The second kappa shape index (κ2) is 6.62. The van der Waals surface area contributed by atoms with E-state index in [1.165, 1.54) is 4.90 Å². The van der Waals surface area contributed by atoms with Gasteiger partial charge >= 0.3 is 12.1 Å². The molecule has 0 aromatic heterocycles. The van der Waals surface area contributed by atoms with Crippen molar-refractivity contribution in [2.24, 2.45) is 11.1 Å². The molecule has 0 spiro atoms. The van der Waals surface area contributed by atoms with Crippen LogP contribution in [0.3, 0.4) is 0 Å². The first-order chi connectivity index (χ1) is 9.59. The van der Waals surface area contributed by atoms with Crippen LogP contribution in [0, 0.1) is 5.41 Å². The Morgan fingerprint density at radius 1 is 1.43 bits per heavy atom. The Kier molecular flexibility index (Phi) is 5.58. The fourth-order valence-corrected chi connectivity index (χ4v) is 2.58. The third-order valence-electron chi connectivity index (χ3n) is 3.58. The number of aliphatic hydroxyl groups excluding tert-OH is 1. The molecule has 1 amide bonds. The Morgan fingerprint density at radius 2 is 2.05 bits per heavy atom. The maximum Gasteiger partial charge on any atom is 0.410 e. The molecule has 21 heavy (non-hydrogen) atoms. The van der Waals surface area contributed by atoms with Crippen LogP contribution in [0.2, 0.25) is 0 Å². The highest BCUT2D eigenvalue weighted by atomic mass is 16.6. The van der Waals surface area contributed by atoms with Crippen LogP contribution in [-0.4, -0.2) is 58.5 Å². The molecule has 1 rings (SSSR count). The fraction of sp³-hybridized carbons (Fsp3) is 0.857. The number of nitrogens with two attached hydrogens (primary N) is 1. The van der Waals surface area contributed by atoms with Crippen molar-refractivity contribution in [1.82, 2.24) is 4.90 Å². The molecule has 1 aliphatic heterocycles. The summed E-state index contributed by atoms with van der Waals surface area (Å²) in [4.78, 5) is 25.2. The van der Waals surface area contributed by atoms with Gasteiger partial charge in [-0.25, -0.2) is 4.79 Å². The Hall–Kier alpha value is -1.34. The van der Waals surface area contributed by atoms with Crippen LogP contribution < -0.4 is 5.73 Å². The number of nitrogens with zero attached hydrogens (tertiary/aromatic N) is 1. The number of hydrogen-bond acceptors (Lipinski definition) is 5. The van der Waals surface area contributed by atoms with E-state index in [1.54, 1.807) is 20.8 Å². The lowest BCUT2D eigenvalue weighted by Crippen LogP contribution is -2.52. The second-order valence-electron chi connectivity index (χ2n) is 6.68. The van der Waals surface area contributed by atoms with Gasteiger partial charge in [0.1, 0.15) is 5.60 Å². The lowest BCUT2D eigenvalue weighted by Gasteiger charge is -2.41. The average molecular weight is 302 g/mol. The van der Waals surface area contributed by atoms with Crippen LogP contribution in [0.1, 0.15) is 40.0 Å². The number of carboxylic acid groups (broad SMARTS) is 1. The lowest BCUT2D eigenvalue weighted by molar-refractivity contribution is -0.154. The zero-order valence-corrected chi connectivity index (χ0v) is 13.0. The van der Waals surface area contributed by atoms with Crippen LogP contribution in [0.4, 0.5) is 4.79 Å². The van der Waals surface area contributed by atoms with Crippen molar-refractivity contribution in [3.8, 4) is 0 Å². The number of aliphatic carboxylic acids is 1. The Morgan fingerprint density at radius 3 is 2.52 bits per heavy atom. The van der Waals surface area contributed by atoms with Crippen LogP contribution in [-0.2, 0) is 9.53 Å². The van der Waals surface area contributed by atoms with Crippen LogP contribution in [0.15, 0.2) is 0 Å². The summed E-state index contributed by atoms with van der Waals surface area (Å²) in [6, 6.07) is 0. The van der Waals surface area contributed by atoms with E-state index in [0.29, 0.717) is 19.4 Å². The molecule has 1 fully saturated rings. The highest BCUT2D eigenvalue weighted by molar-refractivity contribution is 5.77. The van der Waals surface area contributed by atoms with E-state index >= 15 is 0 Å². The maximum atomic E-state index is 12.1. The summed E-state index contributed by atoms with van der Waals surface area (Å²) in [5.74, 6) is -1.01. The molecule has 0 aromatic rings. The number of piperidine rings is 1. The molecular weight excluding hydrogens is 276 g/mol. The zero-order chi connectivity index (χ0) is 16.3. The largest absolute Gasteiger partial charge is 0.481 e. The maximum absolute atomic E-state index is 12.1. The highest BCUT2D eigenvalue weighted by Gasteiger charge is 2.45. The molecule has 7 heteroatoms. The summed E-state index contributed by atoms with van der Waals surface area (Å²) < 4.78 is 5.29. The summed E-state index contributed by atoms with van der Waals surface area (Å²) >= 11 is 0. The number of hydrogen-bond donors (Lipinski definition) is 3. The molecule has 0 radical (unpaired) electrons. The van der Waals surface area contributed by atoms with Gasteiger partial charge in [-0.2, -0.15) is 0 Å². The SMILES string of the molecule is CC(C)(C)OC(=O)N1CCC[C@](C[C@@H](O)CN)(C(=O)O)C1. The van der Waals surface area contributed by atoms with Gasteiger partial charge in [-0.1, -0.05) is 0 Å². The first-order valence-electron chi connectivity index (χ1n) is 7.19. The van der Waals surface area contributed by atoms with Crippen molar-refractivity contribution in [3.63, 3.8) is 0 Å². The Labute approximate surface area is 125 Å². The van der Waals surface area contributed by atoms with E-state index in [4.69, 9.17) is 10.5 Å². The van der Waals surface area contributed by atoms with Crippen LogP contribution >= 0.6 is 0 Å². The van der Waals surface area contributed by atoms with E-state index in [9.17, 15) is 19.8 Å². The minimum atomic E-state index is -1.16. The molecule has 1 aliphatic rings. The monoisotopic (exact) mass is 302 g/mol. The van der Waals surface area contributed by atoms with Gasteiger partial charge in [-0.05, 0) is 40.0 Å².